The van der Waals surface area contributed by atoms with E-state index in [0.29, 0.717) is 0 Å². The minimum atomic E-state index is -4.66. The molecule has 5 rings (SSSR count). The van der Waals surface area contributed by atoms with Crippen LogP contribution < -0.4 is 5.32 Å². The Morgan fingerprint density at radius 3 is 2.62 bits per heavy atom. The number of carbonyl (C=O) groups is 1. The van der Waals surface area contributed by atoms with E-state index < -0.39 is 21.7 Å². The smallest absolute Gasteiger partial charge is 0.349 e. The second kappa shape index (κ2) is 7.48. The summed E-state index contributed by atoms with van der Waals surface area (Å²) in [6.07, 6.45) is 0.818. The molecule has 4 heterocycles. The Labute approximate surface area is 190 Å². The summed E-state index contributed by atoms with van der Waals surface area (Å²) in [6.45, 7) is 1.44. The summed E-state index contributed by atoms with van der Waals surface area (Å²) in [7, 11) is -2.36. The fourth-order valence-corrected chi connectivity index (χ4v) is 4.53. The van der Waals surface area contributed by atoms with Crippen molar-refractivity contribution in [2.75, 3.05) is 5.75 Å². The molecule has 14 heteroatoms. The fourth-order valence-electron chi connectivity index (χ4n) is 3.55. The SMILES string of the molecule is CCS(=O)(=O)c1nn2cc(C(=O)NC3CC3)cnc2c1-c1nc2cc(C(F)(F)F)ncc2n1C. The Hall–Kier alpha value is -3.55. The molecule has 4 aromatic heterocycles. The normalized spacial score (nSPS) is 14.7. The van der Waals surface area contributed by atoms with Gasteiger partial charge < -0.3 is 9.88 Å². The highest BCUT2D eigenvalue weighted by atomic mass is 32.2. The predicted molar refractivity (Wildman–Crippen MR) is 114 cm³/mol. The zero-order valence-corrected chi connectivity index (χ0v) is 18.8. The number of halogens is 3. The third-order valence-electron chi connectivity index (χ3n) is 5.57. The standard InChI is InChI=1S/C20H18F3N7O3S/c1-3-34(32,33)19-15(16-25-7-10(9-30(16)28-19)18(31)26-11-4-5-11)17-27-12-6-14(20(21,22)23)24-8-13(12)29(17)2/h6-9,11H,3-5H2,1-2H3,(H,26,31). The molecule has 1 aliphatic carbocycles. The molecule has 1 amide bonds. The maximum Gasteiger partial charge on any atom is 0.433 e. The van der Waals surface area contributed by atoms with Crippen molar-refractivity contribution in [3.8, 4) is 11.4 Å². The van der Waals surface area contributed by atoms with Crippen LogP contribution in [0.2, 0.25) is 0 Å². The summed E-state index contributed by atoms with van der Waals surface area (Å²) < 4.78 is 67.7. The number of hydrogen-bond donors (Lipinski definition) is 1. The fraction of sp³-hybridized carbons (Fsp3) is 0.350. The van der Waals surface area contributed by atoms with E-state index in [2.05, 4.69) is 25.4 Å². The highest BCUT2D eigenvalue weighted by Crippen LogP contribution is 2.34. The summed E-state index contributed by atoms with van der Waals surface area (Å²) in [4.78, 5) is 24.4. The molecular formula is C20H18F3N7O3S. The summed E-state index contributed by atoms with van der Waals surface area (Å²) in [5.74, 6) is -0.578. The van der Waals surface area contributed by atoms with Crippen LogP contribution in [0.15, 0.2) is 29.7 Å². The van der Waals surface area contributed by atoms with Gasteiger partial charge in [-0.25, -0.2) is 27.9 Å². The number of fused-ring (bicyclic) bond motifs is 2. The van der Waals surface area contributed by atoms with Gasteiger partial charge in [0.1, 0.15) is 17.1 Å². The van der Waals surface area contributed by atoms with Crippen molar-refractivity contribution in [3.63, 3.8) is 0 Å². The Balaban J connectivity index is 1.73. The van der Waals surface area contributed by atoms with Crippen LogP contribution in [-0.4, -0.2) is 55.3 Å². The second-order valence-electron chi connectivity index (χ2n) is 7.99. The molecule has 0 bridgehead atoms. The molecule has 1 fully saturated rings. The first-order valence-electron chi connectivity index (χ1n) is 10.3. The molecular weight excluding hydrogens is 475 g/mol. The van der Waals surface area contributed by atoms with E-state index in [1.54, 1.807) is 0 Å². The molecule has 178 valence electrons. The van der Waals surface area contributed by atoms with Crippen molar-refractivity contribution in [2.45, 2.75) is 37.0 Å². The van der Waals surface area contributed by atoms with Crippen LogP contribution in [0.5, 0.6) is 0 Å². The molecule has 10 nitrogen and oxygen atoms in total. The lowest BCUT2D eigenvalue weighted by molar-refractivity contribution is -0.141. The predicted octanol–water partition coefficient (Wildman–Crippen LogP) is 2.38. The first-order valence-corrected chi connectivity index (χ1v) is 12.0. The number of alkyl halides is 3. The van der Waals surface area contributed by atoms with E-state index in [-0.39, 0.29) is 56.4 Å². The molecule has 1 aliphatic rings. The molecule has 0 radical (unpaired) electrons. The van der Waals surface area contributed by atoms with Crippen molar-refractivity contribution < 1.29 is 26.4 Å². The van der Waals surface area contributed by atoms with E-state index in [0.717, 1.165) is 25.1 Å². The third kappa shape index (κ3) is 3.67. The number of aromatic nitrogens is 6. The van der Waals surface area contributed by atoms with Crippen LogP contribution in [0.4, 0.5) is 13.2 Å². The Morgan fingerprint density at radius 2 is 1.97 bits per heavy atom. The lowest BCUT2D eigenvalue weighted by Crippen LogP contribution is -2.25. The van der Waals surface area contributed by atoms with E-state index in [9.17, 15) is 26.4 Å². The number of nitrogens with one attached hydrogen (secondary N) is 1. The van der Waals surface area contributed by atoms with E-state index in [1.165, 1.54) is 35.4 Å². The molecule has 0 unspecified atom stereocenters. The third-order valence-corrected chi connectivity index (χ3v) is 7.21. The topological polar surface area (TPSA) is 124 Å². The Bertz CT molecular complexity index is 1570. The summed E-state index contributed by atoms with van der Waals surface area (Å²) in [5, 5.41) is 6.67. The van der Waals surface area contributed by atoms with Crippen LogP contribution in [-0.2, 0) is 23.1 Å². The van der Waals surface area contributed by atoms with Gasteiger partial charge in [0.15, 0.2) is 20.5 Å². The average Bonchev–Trinajstić information content (AvgIpc) is 3.43. The maximum atomic E-state index is 13.1. The zero-order valence-electron chi connectivity index (χ0n) is 18.0. The Kier molecular flexibility index (Phi) is 4.90. The van der Waals surface area contributed by atoms with Gasteiger partial charge in [0.05, 0.1) is 28.5 Å². The Morgan fingerprint density at radius 1 is 1.24 bits per heavy atom. The molecule has 4 aromatic rings. The van der Waals surface area contributed by atoms with Gasteiger partial charge in [-0.15, -0.1) is 0 Å². The van der Waals surface area contributed by atoms with Gasteiger partial charge >= 0.3 is 6.18 Å². The molecule has 0 aromatic carbocycles. The molecule has 34 heavy (non-hydrogen) atoms. The number of hydrogen-bond acceptors (Lipinski definition) is 7. The lowest BCUT2D eigenvalue weighted by Gasteiger charge is -2.05. The number of sulfone groups is 1. The van der Waals surface area contributed by atoms with Crippen molar-refractivity contribution in [1.29, 1.82) is 0 Å². The van der Waals surface area contributed by atoms with Crippen LogP contribution in [0.1, 0.15) is 35.8 Å². The van der Waals surface area contributed by atoms with Crippen molar-refractivity contribution in [1.82, 2.24) is 34.4 Å². The number of rotatable bonds is 5. The second-order valence-corrected chi connectivity index (χ2v) is 10.2. The number of imidazole rings is 1. The number of aryl methyl sites for hydroxylation is 1. The van der Waals surface area contributed by atoms with E-state index in [4.69, 9.17) is 0 Å². The van der Waals surface area contributed by atoms with Gasteiger partial charge in [0.2, 0.25) is 0 Å². The van der Waals surface area contributed by atoms with Crippen LogP contribution in [0.3, 0.4) is 0 Å². The molecule has 0 aliphatic heterocycles. The summed E-state index contributed by atoms with van der Waals surface area (Å²) in [5.41, 5.74) is -0.545. The minimum absolute atomic E-state index is 0.0144. The number of carbonyl (C=O) groups excluding carboxylic acids is 1. The summed E-state index contributed by atoms with van der Waals surface area (Å²) >= 11 is 0. The number of nitrogens with zero attached hydrogens (tertiary/aromatic N) is 6. The maximum absolute atomic E-state index is 13.1. The quantitative estimate of drug-likeness (QED) is 0.453. The van der Waals surface area contributed by atoms with E-state index >= 15 is 0 Å². The van der Waals surface area contributed by atoms with Gasteiger partial charge in [-0.2, -0.15) is 18.3 Å². The molecule has 1 saturated carbocycles. The van der Waals surface area contributed by atoms with Crippen LogP contribution >= 0.6 is 0 Å². The van der Waals surface area contributed by atoms with Crippen LogP contribution in [0, 0.1) is 0 Å². The van der Waals surface area contributed by atoms with Crippen molar-refractivity contribution in [2.24, 2.45) is 7.05 Å². The molecule has 0 atom stereocenters. The zero-order chi connectivity index (χ0) is 24.4. The first-order chi connectivity index (χ1) is 16.0. The highest BCUT2D eigenvalue weighted by Gasteiger charge is 2.34. The van der Waals surface area contributed by atoms with Gasteiger partial charge in [0, 0.05) is 25.5 Å². The van der Waals surface area contributed by atoms with Gasteiger partial charge in [-0.05, 0) is 18.9 Å². The monoisotopic (exact) mass is 493 g/mol. The highest BCUT2D eigenvalue weighted by molar-refractivity contribution is 7.91. The number of amides is 1. The molecule has 1 N–H and O–H groups in total. The van der Waals surface area contributed by atoms with Gasteiger partial charge in [-0.3, -0.25) is 4.79 Å². The van der Waals surface area contributed by atoms with E-state index in [1.807, 2.05) is 0 Å². The summed E-state index contributed by atoms with van der Waals surface area (Å²) in [6, 6.07) is 0.911. The van der Waals surface area contributed by atoms with Gasteiger partial charge in [0.25, 0.3) is 5.91 Å². The minimum Gasteiger partial charge on any atom is -0.349 e. The molecule has 0 saturated heterocycles. The lowest BCUT2D eigenvalue weighted by atomic mass is 10.3. The first kappa shape index (κ1) is 22.3. The number of pyridine rings is 1. The van der Waals surface area contributed by atoms with Crippen LogP contribution in [0.25, 0.3) is 28.1 Å². The van der Waals surface area contributed by atoms with Crippen molar-refractivity contribution in [3.05, 3.63) is 35.9 Å². The average molecular weight is 493 g/mol. The molecule has 0 spiro atoms. The van der Waals surface area contributed by atoms with Crippen molar-refractivity contribution >= 4 is 32.4 Å². The van der Waals surface area contributed by atoms with Gasteiger partial charge in [-0.1, -0.05) is 6.92 Å². The largest absolute Gasteiger partial charge is 0.433 e.